The Labute approximate surface area is 170 Å². The molecule has 0 radical (unpaired) electrons. The molecule has 6 nitrogen and oxygen atoms in total. The van der Waals surface area contributed by atoms with E-state index in [0.717, 1.165) is 56.0 Å². The van der Waals surface area contributed by atoms with Crippen molar-refractivity contribution in [1.29, 1.82) is 0 Å². The Balaban J connectivity index is 1.50. The average molecular weight is 437 g/mol. The van der Waals surface area contributed by atoms with Crippen molar-refractivity contribution in [2.45, 2.75) is 26.3 Å². The number of amides is 1. The lowest BCUT2D eigenvalue weighted by Crippen LogP contribution is -2.49. The molecular formula is C20H29BrN4O2. The minimum absolute atomic E-state index is 0.131. The fourth-order valence-corrected chi connectivity index (χ4v) is 4.22. The number of rotatable bonds is 3. The van der Waals surface area contributed by atoms with Gasteiger partial charge in [-0.3, -0.25) is 9.79 Å². The molecule has 0 spiro atoms. The van der Waals surface area contributed by atoms with Gasteiger partial charge in [-0.1, -0.05) is 22.0 Å². The predicted octanol–water partition coefficient (Wildman–Crippen LogP) is 2.40. The van der Waals surface area contributed by atoms with Crippen LogP contribution in [0.3, 0.4) is 0 Å². The number of aryl methyl sites for hydroxylation is 1. The molecule has 2 heterocycles. The zero-order valence-corrected chi connectivity index (χ0v) is 17.8. The molecule has 1 amide bonds. The summed E-state index contributed by atoms with van der Waals surface area (Å²) < 4.78 is 6.45. The normalized spacial score (nSPS) is 19.3. The molecular weight excluding hydrogens is 408 g/mol. The molecule has 1 aromatic rings. The molecule has 3 rings (SSSR count). The molecule has 1 N–H and O–H groups in total. The number of benzene rings is 1. The Hall–Kier alpha value is -1.60. The van der Waals surface area contributed by atoms with Gasteiger partial charge in [-0.2, -0.15) is 0 Å². The van der Waals surface area contributed by atoms with E-state index < -0.39 is 0 Å². The first-order valence-electron chi connectivity index (χ1n) is 9.65. The van der Waals surface area contributed by atoms with Crippen LogP contribution in [0.5, 0.6) is 0 Å². The molecule has 1 aromatic carbocycles. The number of hydrogen-bond acceptors (Lipinski definition) is 3. The van der Waals surface area contributed by atoms with E-state index in [0.29, 0.717) is 19.1 Å². The molecule has 0 saturated carbocycles. The zero-order valence-electron chi connectivity index (χ0n) is 16.2. The summed E-state index contributed by atoms with van der Waals surface area (Å²) in [6, 6.07) is 6.32. The molecule has 0 aliphatic carbocycles. The maximum absolute atomic E-state index is 12.7. The van der Waals surface area contributed by atoms with Crippen molar-refractivity contribution < 1.29 is 9.53 Å². The minimum Gasteiger partial charge on any atom is -0.378 e. The van der Waals surface area contributed by atoms with Crippen molar-refractivity contribution in [1.82, 2.24) is 15.1 Å². The topological polar surface area (TPSA) is 57.2 Å². The number of ether oxygens (including phenoxy) is 1. The van der Waals surface area contributed by atoms with Crippen LogP contribution in [-0.2, 0) is 16.1 Å². The average Bonchev–Trinajstić information content (AvgIpc) is 2.70. The number of nitrogens with one attached hydrogen (secondary N) is 1. The highest BCUT2D eigenvalue weighted by Crippen LogP contribution is 2.21. The second kappa shape index (κ2) is 9.55. The Kier molecular flexibility index (Phi) is 7.13. The number of guanidine groups is 1. The predicted molar refractivity (Wildman–Crippen MR) is 111 cm³/mol. The van der Waals surface area contributed by atoms with Crippen molar-refractivity contribution in [3.05, 3.63) is 33.8 Å². The molecule has 2 fully saturated rings. The highest BCUT2D eigenvalue weighted by molar-refractivity contribution is 9.10. The Morgan fingerprint density at radius 2 is 1.93 bits per heavy atom. The number of likely N-dealkylation sites (tertiary alicyclic amines) is 1. The van der Waals surface area contributed by atoms with E-state index in [9.17, 15) is 4.79 Å². The Morgan fingerprint density at radius 3 is 2.56 bits per heavy atom. The van der Waals surface area contributed by atoms with Gasteiger partial charge in [0.05, 0.1) is 13.2 Å². The number of morpholine rings is 1. The second-order valence-electron chi connectivity index (χ2n) is 7.17. The smallest absolute Gasteiger partial charge is 0.225 e. The Bertz CT molecular complexity index is 681. The van der Waals surface area contributed by atoms with E-state index in [1.54, 1.807) is 0 Å². The lowest BCUT2D eigenvalue weighted by molar-refractivity contribution is -0.140. The van der Waals surface area contributed by atoms with Crippen LogP contribution in [0.15, 0.2) is 27.7 Å². The number of carbonyl (C=O) groups is 1. The maximum atomic E-state index is 12.7. The second-order valence-corrected chi connectivity index (χ2v) is 8.09. The summed E-state index contributed by atoms with van der Waals surface area (Å²) in [5.74, 6) is 1.34. The lowest BCUT2D eigenvalue weighted by Gasteiger charge is -2.36. The fourth-order valence-electron chi connectivity index (χ4n) is 3.74. The fraction of sp³-hybridized carbons (Fsp3) is 0.600. The van der Waals surface area contributed by atoms with Crippen molar-refractivity contribution >= 4 is 27.8 Å². The van der Waals surface area contributed by atoms with Gasteiger partial charge < -0.3 is 19.9 Å². The highest BCUT2D eigenvalue weighted by atomic mass is 79.9. The minimum atomic E-state index is 0.131. The van der Waals surface area contributed by atoms with Crippen LogP contribution in [0, 0.1) is 12.8 Å². The third-order valence-corrected chi connectivity index (χ3v) is 5.91. The van der Waals surface area contributed by atoms with Gasteiger partial charge in [0.2, 0.25) is 5.91 Å². The van der Waals surface area contributed by atoms with Gasteiger partial charge in [0.25, 0.3) is 0 Å². The molecule has 0 aromatic heterocycles. The van der Waals surface area contributed by atoms with E-state index in [2.05, 4.69) is 56.3 Å². The van der Waals surface area contributed by atoms with Crippen LogP contribution in [-0.4, -0.2) is 68.1 Å². The summed E-state index contributed by atoms with van der Waals surface area (Å²) in [5, 5.41) is 3.47. The van der Waals surface area contributed by atoms with E-state index in [-0.39, 0.29) is 5.92 Å². The van der Waals surface area contributed by atoms with Gasteiger partial charge in [-0.25, -0.2) is 0 Å². The van der Waals surface area contributed by atoms with Gasteiger partial charge in [-0.05, 0) is 43.0 Å². The van der Waals surface area contributed by atoms with Crippen molar-refractivity contribution in [2.24, 2.45) is 10.9 Å². The van der Waals surface area contributed by atoms with E-state index in [1.807, 2.05) is 11.9 Å². The van der Waals surface area contributed by atoms with Gasteiger partial charge in [0.1, 0.15) is 0 Å². The lowest BCUT2D eigenvalue weighted by atomic mass is 9.95. The first kappa shape index (κ1) is 20.1. The van der Waals surface area contributed by atoms with Gasteiger partial charge >= 0.3 is 0 Å². The summed E-state index contributed by atoms with van der Waals surface area (Å²) in [7, 11) is 1.82. The molecule has 0 bridgehead atoms. The van der Waals surface area contributed by atoms with Crippen molar-refractivity contribution in [3.63, 3.8) is 0 Å². The largest absolute Gasteiger partial charge is 0.378 e. The number of piperidine rings is 1. The molecule has 2 aliphatic rings. The van der Waals surface area contributed by atoms with Gasteiger partial charge in [0.15, 0.2) is 5.96 Å². The van der Waals surface area contributed by atoms with Crippen LogP contribution < -0.4 is 5.32 Å². The zero-order chi connectivity index (χ0) is 19.2. The first-order chi connectivity index (χ1) is 13.1. The molecule has 7 heteroatoms. The first-order valence-corrected chi connectivity index (χ1v) is 10.4. The van der Waals surface area contributed by atoms with Crippen LogP contribution >= 0.6 is 15.9 Å². The van der Waals surface area contributed by atoms with Crippen LogP contribution in [0.2, 0.25) is 0 Å². The number of aliphatic imine (C=N–C) groups is 1. The van der Waals surface area contributed by atoms with E-state index in [1.165, 1.54) is 11.1 Å². The number of nitrogens with zero attached hydrogens (tertiary/aromatic N) is 3. The molecule has 2 saturated heterocycles. The SMILES string of the molecule is CN=C(NCc1ccc(Br)cc1C)N1CCC(C(=O)N2CCOCC2)CC1. The van der Waals surface area contributed by atoms with E-state index in [4.69, 9.17) is 4.74 Å². The summed E-state index contributed by atoms with van der Waals surface area (Å²) in [6.45, 7) is 7.38. The monoisotopic (exact) mass is 436 g/mol. The molecule has 0 atom stereocenters. The standard InChI is InChI=1S/C20H29BrN4O2/c1-15-13-18(21)4-3-17(15)14-23-20(22-2)25-7-5-16(6-8-25)19(26)24-9-11-27-12-10-24/h3-4,13,16H,5-12,14H2,1-2H3,(H,22,23). The van der Waals surface area contributed by atoms with E-state index >= 15 is 0 Å². The summed E-state index contributed by atoms with van der Waals surface area (Å²) in [6.07, 6.45) is 1.77. The Morgan fingerprint density at radius 1 is 1.22 bits per heavy atom. The van der Waals surface area contributed by atoms with Gasteiger partial charge in [-0.15, -0.1) is 0 Å². The molecule has 27 heavy (non-hydrogen) atoms. The third-order valence-electron chi connectivity index (χ3n) is 5.42. The number of carbonyl (C=O) groups excluding carboxylic acids is 1. The molecule has 0 unspecified atom stereocenters. The summed E-state index contributed by atoms with van der Waals surface area (Å²) in [4.78, 5) is 21.3. The molecule has 2 aliphatic heterocycles. The molecule has 148 valence electrons. The van der Waals surface area contributed by atoms with Crippen LogP contribution in [0.1, 0.15) is 24.0 Å². The van der Waals surface area contributed by atoms with Crippen LogP contribution in [0.25, 0.3) is 0 Å². The maximum Gasteiger partial charge on any atom is 0.225 e. The summed E-state index contributed by atoms with van der Waals surface area (Å²) >= 11 is 3.51. The number of halogens is 1. The third kappa shape index (κ3) is 5.23. The van der Waals surface area contributed by atoms with Crippen molar-refractivity contribution in [3.8, 4) is 0 Å². The highest BCUT2D eigenvalue weighted by Gasteiger charge is 2.30. The summed E-state index contributed by atoms with van der Waals surface area (Å²) in [5.41, 5.74) is 2.51. The number of hydrogen-bond donors (Lipinski definition) is 1. The quantitative estimate of drug-likeness (QED) is 0.583. The van der Waals surface area contributed by atoms with Gasteiger partial charge in [0, 0.05) is 50.2 Å². The van der Waals surface area contributed by atoms with Crippen LogP contribution in [0.4, 0.5) is 0 Å². The van der Waals surface area contributed by atoms with Crippen molar-refractivity contribution in [2.75, 3.05) is 46.4 Å².